The van der Waals surface area contributed by atoms with Gasteiger partial charge in [-0.1, -0.05) is 35.7 Å². The van der Waals surface area contributed by atoms with Crippen LogP contribution >= 0.6 is 23.2 Å². The van der Waals surface area contributed by atoms with Gasteiger partial charge in [0.2, 0.25) is 5.91 Å². The second-order valence-corrected chi connectivity index (χ2v) is 5.77. The van der Waals surface area contributed by atoms with Crippen LogP contribution in [0.3, 0.4) is 0 Å². The number of hydrogen-bond donors (Lipinski definition) is 2. The normalized spacial score (nSPS) is 26.4. The molecule has 0 aromatic heterocycles. The van der Waals surface area contributed by atoms with E-state index in [0.29, 0.717) is 10.0 Å². The molecule has 1 aromatic carbocycles. The number of aliphatic hydroxyl groups excluding tert-OH is 1. The van der Waals surface area contributed by atoms with Crippen molar-refractivity contribution in [2.24, 2.45) is 5.92 Å². The van der Waals surface area contributed by atoms with Crippen molar-refractivity contribution in [1.29, 1.82) is 0 Å². The molecule has 0 spiro atoms. The molecule has 1 aliphatic rings. The average Bonchev–Trinajstić information content (AvgIpc) is 2.85. The fourth-order valence-corrected chi connectivity index (χ4v) is 3.43. The molecule has 3 nitrogen and oxygen atoms in total. The minimum absolute atomic E-state index is 0.00628. The molecule has 0 aliphatic heterocycles. The first kappa shape index (κ1) is 14.6. The van der Waals surface area contributed by atoms with Crippen LogP contribution in [0.4, 0.5) is 0 Å². The van der Waals surface area contributed by atoms with E-state index in [2.05, 4.69) is 5.32 Å². The van der Waals surface area contributed by atoms with E-state index in [1.54, 1.807) is 19.2 Å². The first-order chi connectivity index (χ1) is 9.06. The van der Waals surface area contributed by atoms with E-state index in [1.807, 2.05) is 6.07 Å². The molecule has 0 saturated heterocycles. The van der Waals surface area contributed by atoms with Crippen LogP contribution in [0.2, 0.25) is 10.0 Å². The van der Waals surface area contributed by atoms with Gasteiger partial charge in [-0.2, -0.15) is 0 Å². The van der Waals surface area contributed by atoms with E-state index < -0.39 is 5.41 Å². The molecule has 1 saturated carbocycles. The predicted octanol–water partition coefficient (Wildman–Crippen LogP) is 2.77. The third kappa shape index (κ3) is 2.35. The number of carbonyl (C=O) groups is 1. The van der Waals surface area contributed by atoms with E-state index in [-0.39, 0.29) is 18.4 Å². The number of hydrogen-bond acceptors (Lipinski definition) is 2. The third-order valence-corrected chi connectivity index (χ3v) is 4.85. The summed E-state index contributed by atoms with van der Waals surface area (Å²) in [7, 11) is 1.62. The summed E-state index contributed by atoms with van der Waals surface area (Å²) in [6.45, 7) is -0.00628. The number of carbonyl (C=O) groups excluding carboxylic acids is 1. The van der Waals surface area contributed by atoms with Crippen LogP contribution in [-0.4, -0.2) is 24.7 Å². The van der Waals surface area contributed by atoms with Gasteiger partial charge in [-0.05, 0) is 30.5 Å². The van der Waals surface area contributed by atoms with Crippen LogP contribution in [0.15, 0.2) is 18.2 Å². The summed E-state index contributed by atoms with van der Waals surface area (Å²) in [4.78, 5) is 12.4. The molecule has 5 heteroatoms. The molecule has 1 aliphatic carbocycles. The summed E-state index contributed by atoms with van der Waals surface area (Å²) in [5.74, 6) is -0.146. The SMILES string of the molecule is CNC(=O)[C@]1(c2ccc(Cl)c(Cl)c2)CCC[C@@H]1CO. The van der Waals surface area contributed by atoms with Crippen molar-refractivity contribution in [3.05, 3.63) is 33.8 Å². The van der Waals surface area contributed by atoms with Crippen molar-refractivity contribution in [3.63, 3.8) is 0 Å². The van der Waals surface area contributed by atoms with E-state index >= 15 is 0 Å². The lowest BCUT2D eigenvalue weighted by Crippen LogP contribution is -2.46. The maximum absolute atomic E-state index is 12.4. The predicted molar refractivity (Wildman–Crippen MR) is 76.6 cm³/mol. The Bertz CT molecular complexity index is 492. The van der Waals surface area contributed by atoms with Gasteiger partial charge in [-0.3, -0.25) is 4.79 Å². The number of nitrogens with one attached hydrogen (secondary N) is 1. The molecule has 0 unspecified atom stereocenters. The zero-order valence-electron chi connectivity index (χ0n) is 10.7. The van der Waals surface area contributed by atoms with Gasteiger partial charge in [0, 0.05) is 19.6 Å². The molecule has 19 heavy (non-hydrogen) atoms. The number of rotatable bonds is 3. The Labute approximate surface area is 122 Å². The highest BCUT2D eigenvalue weighted by molar-refractivity contribution is 6.42. The number of halogens is 2. The largest absolute Gasteiger partial charge is 0.396 e. The van der Waals surface area contributed by atoms with Gasteiger partial charge in [0.1, 0.15) is 0 Å². The number of likely N-dealkylation sites (N-methyl/N-ethyl adjacent to an activating group) is 1. The lowest BCUT2D eigenvalue weighted by Gasteiger charge is -2.33. The zero-order chi connectivity index (χ0) is 14.0. The van der Waals surface area contributed by atoms with Gasteiger partial charge in [-0.25, -0.2) is 0 Å². The summed E-state index contributed by atoms with van der Waals surface area (Å²) >= 11 is 12.0. The highest BCUT2D eigenvalue weighted by Gasteiger charge is 2.49. The Morgan fingerprint density at radius 3 is 2.79 bits per heavy atom. The highest BCUT2D eigenvalue weighted by atomic mass is 35.5. The zero-order valence-corrected chi connectivity index (χ0v) is 12.3. The molecule has 2 atom stereocenters. The monoisotopic (exact) mass is 301 g/mol. The van der Waals surface area contributed by atoms with Crippen LogP contribution in [0.5, 0.6) is 0 Å². The van der Waals surface area contributed by atoms with E-state index in [0.717, 1.165) is 24.8 Å². The molecule has 1 amide bonds. The van der Waals surface area contributed by atoms with Gasteiger partial charge < -0.3 is 10.4 Å². The molecule has 0 heterocycles. The number of aliphatic hydroxyl groups is 1. The Balaban J connectivity index is 2.54. The fraction of sp³-hybridized carbons (Fsp3) is 0.500. The molecule has 2 rings (SSSR count). The number of amides is 1. The second kappa shape index (κ2) is 5.70. The summed E-state index contributed by atoms with van der Waals surface area (Å²) in [6.07, 6.45) is 2.47. The van der Waals surface area contributed by atoms with Crippen LogP contribution < -0.4 is 5.32 Å². The van der Waals surface area contributed by atoms with E-state index in [9.17, 15) is 9.90 Å². The van der Waals surface area contributed by atoms with Crippen molar-refractivity contribution in [1.82, 2.24) is 5.32 Å². The first-order valence-corrected chi connectivity index (χ1v) is 7.10. The second-order valence-electron chi connectivity index (χ2n) is 4.95. The Morgan fingerprint density at radius 1 is 1.47 bits per heavy atom. The van der Waals surface area contributed by atoms with Gasteiger partial charge in [0.25, 0.3) is 0 Å². The maximum atomic E-state index is 12.4. The Morgan fingerprint density at radius 2 is 2.21 bits per heavy atom. The number of benzene rings is 1. The Kier molecular flexibility index (Phi) is 4.39. The van der Waals surface area contributed by atoms with Gasteiger partial charge >= 0.3 is 0 Å². The molecule has 104 valence electrons. The van der Waals surface area contributed by atoms with Crippen molar-refractivity contribution in [2.75, 3.05) is 13.7 Å². The minimum Gasteiger partial charge on any atom is -0.396 e. The smallest absolute Gasteiger partial charge is 0.230 e. The standard InChI is InChI=1S/C14H17Cl2NO2/c1-17-13(19)14(6-2-3-10(14)8-18)9-4-5-11(15)12(16)7-9/h4-5,7,10,18H,2-3,6,8H2,1H3,(H,17,19)/t10-,14+/m1/s1. The van der Waals surface area contributed by atoms with Crippen LogP contribution in [-0.2, 0) is 10.2 Å². The molecule has 2 N–H and O–H groups in total. The summed E-state index contributed by atoms with van der Waals surface area (Å²) in [5.41, 5.74) is 0.135. The summed E-state index contributed by atoms with van der Waals surface area (Å²) in [5, 5.41) is 13.2. The van der Waals surface area contributed by atoms with Crippen molar-refractivity contribution >= 4 is 29.1 Å². The van der Waals surface area contributed by atoms with Gasteiger partial charge in [0.15, 0.2) is 0 Å². The van der Waals surface area contributed by atoms with Gasteiger partial charge in [0.05, 0.1) is 15.5 Å². The highest BCUT2D eigenvalue weighted by Crippen LogP contribution is 2.46. The van der Waals surface area contributed by atoms with Crippen molar-refractivity contribution in [3.8, 4) is 0 Å². The quantitative estimate of drug-likeness (QED) is 0.902. The van der Waals surface area contributed by atoms with Gasteiger partial charge in [-0.15, -0.1) is 0 Å². The van der Waals surface area contributed by atoms with Crippen LogP contribution in [0.1, 0.15) is 24.8 Å². The Hall–Kier alpha value is -0.770. The molecule has 1 aromatic rings. The first-order valence-electron chi connectivity index (χ1n) is 6.35. The summed E-state index contributed by atoms with van der Waals surface area (Å²) < 4.78 is 0. The van der Waals surface area contributed by atoms with Crippen LogP contribution in [0.25, 0.3) is 0 Å². The van der Waals surface area contributed by atoms with Crippen molar-refractivity contribution < 1.29 is 9.90 Å². The summed E-state index contributed by atoms with van der Waals surface area (Å²) in [6, 6.07) is 5.28. The minimum atomic E-state index is -0.697. The average molecular weight is 302 g/mol. The molecular formula is C14H17Cl2NO2. The molecular weight excluding hydrogens is 285 g/mol. The lowest BCUT2D eigenvalue weighted by atomic mass is 9.71. The van der Waals surface area contributed by atoms with Crippen LogP contribution in [0, 0.1) is 5.92 Å². The molecule has 0 bridgehead atoms. The van der Waals surface area contributed by atoms with E-state index in [4.69, 9.17) is 23.2 Å². The topological polar surface area (TPSA) is 49.3 Å². The maximum Gasteiger partial charge on any atom is 0.230 e. The lowest BCUT2D eigenvalue weighted by molar-refractivity contribution is -0.128. The third-order valence-electron chi connectivity index (χ3n) is 4.11. The molecule has 0 radical (unpaired) electrons. The molecule has 1 fully saturated rings. The fourth-order valence-electron chi connectivity index (χ4n) is 3.13. The van der Waals surface area contributed by atoms with E-state index in [1.165, 1.54) is 0 Å². The van der Waals surface area contributed by atoms with Crippen molar-refractivity contribution in [2.45, 2.75) is 24.7 Å².